The average molecular weight is 274 g/mol. The van der Waals surface area contributed by atoms with Crippen molar-refractivity contribution in [3.8, 4) is 0 Å². The second kappa shape index (κ2) is 5.40. The molecule has 1 aliphatic rings. The van der Waals surface area contributed by atoms with Gasteiger partial charge in [0.15, 0.2) is 0 Å². The molecule has 0 spiro atoms. The zero-order valence-corrected chi connectivity index (χ0v) is 10.9. The van der Waals surface area contributed by atoms with Crippen molar-refractivity contribution >= 4 is 11.9 Å². The molecule has 1 amide bonds. The van der Waals surface area contributed by atoms with Crippen LogP contribution in [-0.2, 0) is 11.2 Å². The second-order valence-electron chi connectivity index (χ2n) is 4.99. The maximum Gasteiger partial charge on any atom is 0.248 e. The van der Waals surface area contributed by atoms with E-state index in [-0.39, 0.29) is 24.1 Å². The lowest BCUT2D eigenvalue weighted by molar-refractivity contribution is -0.115. The molecule has 1 aliphatic carbocycles. The van der Waals surface area contributed by atoms with E-state index in [1.54, 1.807) is 18.2 Å². The Morgan fingerprint density at radius 3 is 2.90 bits per heavy atom. The summed E-state index contributed by atoms with van der Waals surface area (Å²) in [4.78, 5) is 16.1. The fraction of sp³-hybridized carbons (Fsp3) is 0.357. The summed E-state index contributed by atoms with van der Waals surface area (Å²) in [6.45, 7) is 0. The molecule has 2 aromatic rings. The minimum Gasteiger partial charge on any atom is -0.293 e. The van der Waals surface area contributed by atoms with E-state index < -0.39 is 0 Å². The summed E-state index contributed by atoms with van der Waals surface area (Å²) >= 11 is 0. The predicted molar refractivity (Wildman–Crippen MR) is 71.7 cm³/mol. The lowest BCUT2D eigenvalue weighted by Crippen LogP contribution is -2.16. The van der Waals surface area contributed by atoms with Gasteiger partial charge in [0.1, 0.15) is 11.6 Å². The number of rotatable bonds is 4. The van der Waals surface area contributed by atoms with Gasteiger partial charge in [0.25, 0.3) is 0 Å². The smallest absolute Gasteiger partial charge is 0.248 e. The first-order valence-electron chi connectivity index (χ1n) is 6.68. The van der Waals surface area contributed by atoms with Gasteiger partial charge in [0.2, 0.25) is 11.9 Å². The predicted octanol–water partition coefficient (Wildman–Crippen LogP) is 2.39. The molecule has 1 aromatic heterocycles. The number of carbonyl (C=O) groups is 1. The Labute approximate surface area is 115 Å². The lowest BCUT2D eigenvalue weighted by Gasteiger charge is -2.22. The minimum atomic E-state index is -0.382. The summed E-state index contributed by atoms with van der Waals surface area (Å²) in [5.41, 5.74) is 0.361. The number of nitrogens with one attached hydrogen (secondary N) is 2. The van der Waals surface area contributed by atoms with Crippen LogP contribution in [0.4, 0.5) is 10.3 Å². The van der Waals surface area contributed by atoms with Crippen molar-refractivity contribution in [3.63, 3.8) is 0 Å². The van der Waals surface area contributed by atoms with Crippen LogP contribution in [-0.4, -0.2) is 21.1 Å². The molecule has 1 aromatic carbocycles. The van der Waals surface area contributed by atoms with E-state index in [9.17, 15) is 9.18 Å². The third-order valence-electron chi connectivity index (χ3n) is 3.55. The van der Waals surface area contributed by atoms with Crippen molar-refractivity contribution < 1.29 is 9.18 Å². The topological polar surface area (TPSA) is 70.7 Å². The molecule has 0 aliphatic heterocycles. The van der Waals surface area contributed by atoms with Crippen LogP contribution in [0.3, 0.4) is 0 Å². The van der Waals surface area contributed by atoms with E-state index in [4.69, 9.17) is 0 Å². The molecule has 0 atom stereocenters. The average Bonchev–Trinajstić information content (AvgIpc) is 2.78. The van der Waals surface area contributed by atoms with Gasteiger partial charge in [-0.15, -0.1) is 5.10 Å². The van der Waals surface area contributed by atoms with Crippen LogP contribution >= 0.6 is 0 Å². The van der Waals surface area contributed by atoms with E-state index in [1.165, 1.54) is 12.5 Å². The van der Waals surface area contributed by atoms with E-state index in [0.29, 0.717) is 11.5 Å². The normalized spacial score (nSPS) is 14.8. The molecular formula is C14H15FN4O. The molecule has 1 saturated carbocycles. The zero-order chi connectivity index (χ0) is 13.9. The number of aromatic amines is 1. The van der Waals surface area contributed by atoms with Crippen LogP contribution in [0.5, 0.6) is 0 Å². The third-order valence-corrected chi connectivity index (χ3v) is 3.55. The van der Waals surface area contributed by atoms with Gasteiger partial charge in [0, 0.05) is 5.92 Å². The molecule has 1 heterocycles. The molecule has 1 fully saturated rings. The van der Waals surface area contributed by atoms with Crippen molar-refractivity contribution in [1.29, 1.82) is 0 Å². The Kier molecular flexibility index (Phi) is 3.45. The SMILES string of the molecule is O=C(Cc1ccccc1F)Nc1n[nH]c(C2CCC2)n1. The highest BCUT2D eigenvalue weighted by Crippen LogP contribution is 2.34. The fourth-order valence-electron chi connectivity index (χ4n) is 2.18. The zero-order valence-electron chi connectivity index (χ0n) is 10.9. The van der Waals surface area contributed by atoms with Crippen LogP contribution < -0.4 is 5.32 Å². The number of amides is 1. The Bertz CT molecular complexity index is 621. The number of aromatic nitrogens is 3. The fourth-order valence-corrected chi connectivity index (χ4v) is 2.18. The highest BCUT2D eigenvalue weighted by atomic mass is 19.1. The van der Waals surface area contributed by atoms with Gasteiger partial charge < -0.3 is 0 Å². The Balaban J connectivity index is 1.61. The molecule has 0 radical (unpaired) electrons. The first-order valence-corrected chi connectivity index (χ1v) is 6.68. The van der Waals surface area contributed by atoms with Crippen molar-refractivity contribution in [2.24, 2.45) is 0 Å². The van der Waals surface area contributed by atoms with Crippen LogP contribution in [0.25, 0.3) is 0 Å². The van der Waals surface area contributed by atoms with Gasteiger partial charge in [-0.1, -0.05) is 24.6 Å². The van der Waals surface area contributed by atoms with E-state index >= 15 is 0 Å². The Morgan fingerprint density at radius 2 is 2.20 bits per heavy atom. The lowest BCUT2D eigenvalue weighted by atomic mass is 9.85. The summed E-state index contributed by atoms with van der Waals surface area (Å²) in [6.07, 6.45) is 3.40. The number of halogens is 1. The number of anilines is 1. The minimum absolute atomic E-state index is 0.0278. The largest absolute Gasteiger partial charge is 0.293 e. The van der Waals surface area contributed by atoms with Crippen molar-refractivity contribution in [2.75, 3.05) is 5.32 Å². The maximum absolute atomic E-state index is 13.4. The molecule has 3 rings (SSSR count). The maximum atomic E-state index is 13.4. The van der Waals surface area contributed by atoms with Gasteiger partial charge in [-0.25, -0.2) is 4.39 Å². The van der Waals surface area contributed by atoms with E-state index in [2.05, 4.69) is 20.5 Å². The summed E-state index contributed by atoms with van der Waals surface area (Å²) in [7, 11) is 0. The van der Waals surface area contributed by atoms with Crippen LogP contribution in [0.2, 0.25) is 0 Å². The molecule has 20 heavy (non-hydrogen) atoms. The number of benzene rings is 1. The Morgan fingerprint density at radius 1 is 1.40 bits per heavy atom. The summed E-state index contributed by atoms with van der Waals surface area (Å²) in [6, 6.07) is 6.22. The number of hydrogen-bond donors (Lipinski definition) is 2. The summed E-state index contributed by atoms with van der Waals surface area (Å²) in [5, 5.41) is 9.38. The molecule has 0 bridgehead atoms. The quantitative estimate of drug-likeness (QED) is 0.899. The van der Waals surface area contributed by atoms with Crippen LogP contribution in [0, 0.1) is 5.82 Å². The highest BCUT2D eigenvalue weighted by molar-refractivity contribution is 5.90. The molecule has 104 valence electrons. The molecular weight excluding hydrogens is 259 g/mol. The third kappa shape index (κ3) is 2.68. The monoisotopic (exact) mass is 274 g/mol. The number of H-pyrrole nitrogens is 1. The van der Waals surface area contributed by atoms with Gasteiger partial charge in [-0.2, -0.15) is 4.98 Å². The van der Waals surface area contributed by atoms with Crippen molar-refractivity contribution in [1.82, 2.24) is 15.2 Å². The second-order valence-corrected chi connectivity index (χ2v) is 4.99. The number of hydrogen-bond acceptors (Lipinski definition) is 3. The molecule has 6 heteroatoms. The molecule has 5 nitrogen and oxygen atoms in total. The van der Waals surface area contributed by atoms with Crippen molar-refractivity contribution in [2.45, 2.75) is 31.6 Å². The van der Waals surface area contributed by atoms with Crippen molar-refractivity contribution in [3.05, 3.63) is 41.5 Å². The number of nitrogens with zero attached hydrogens (tertiary/aromatic N) is 2. The Hall–Kier alpha value is -2.24. The molecule has 0 unspecified atom stereocenters. The summed E-state index contributed by atoms with van der Waals surface area (Å²) < 4.78 is 13.4. The molecule has 0 saturated heterocycles. The van der Waals surface area contributed by atoms with Crippen LogP contribution in [0.15, 0.2) is 24.3 Å². The van der Waals surface area contributed by atoms with Gasteiger partial charge in [-0.05, 0) is 24.5 Å². The van der Waals surface area contributed by atoms with Gasteiger partial charge in [0.05, 0.1) is 6.42 Å². The standard InChI is InChI=1S/C14H15FN4O/c15-11-7-2-1-4-10(11)8-12(20)16-14-17-13(18-19-14)9-5-3-6-9/h1-2,4,7,9H,3,5-6,8H2,(H2,16,17,18,19,20). The molecule has 2 N–H and O–H groups in total. The number of carbonyl (C=O) groups excluding carboxylic acids is 1. The van der Waals surface area contributed by atoms with Gasteiger partial charge in [-0.3, -0.25) is 15.2 Å². The van der Waals surface area contributed by atoms with Crippen LogP contribution in [0.1, 0.15) is 36.6 Å². The van der Waals surface area contributed by atoms with E-state index in [0.717, 1.165) is 18.7 Å². The first-order chi connectivity index (χ1) is 9.72. The summed E-state index contributed by atoms with van der Waals surface area (Å²) in [5.74, 6) is 0.799. The van der Waals surface area contributed by atoms with Gasteiger partial charge >= 0.3 is 0 Å². The van der Waals surface area contributed by atoms with E-state index in [1.807, 2.05) is 0 Å². The first kappa shape index (κ1) is 12.8. The highest BCUT2D eigenvalue weighted by Gasteiger charge is 2.23.